The van der Waals surface area contributed by atoms with Gasteiger partial charge in [-0.2, -0.15) is 0 Å². The van der Waals surface area contributed by atoms with Crippen LogP contribution in [0.1, 0.15) is 36.8 Å². The molecule has 0 spiro atoms. The third-order valence-corrected chi connectivity index (χ3v) is 9.24. The van der Waals surface area contributed by atoms with E-state index in [2.05, 4.69) is 18.2 Å². The number of benzene rings is 1. The van der Waals surface area contributed by atoms with Crippen LogP contribution in [0.25, 0.3) is 0 Å². The van der Waals surface area contributed by atoms with E-state index in [0.717, 1.165) is 5.75 Å². The Hall–Kier alpha value is 0.300. The minimum atomic E-state index is 0. The zero-order chi connectivity index (χ0) is 13.8. The first-order valence-corrected chi connectivity index (χ1v) is 11.3. The number of hydrogen-bond acceptors (Lipinski definition) is 1. The van der Waals surface area contributed by atoms with Crippen LogP contribution >= 0.6 is 0 Å². The number of hydrogen-bond donors (Lipinski definition) is 0. The van der Waals surface area contributed by atoms with Gasteiger partial charge < -0.3 is 29.6 Å². The van der Waals surface area contributed by atoms with E-state index >= 15 is 0 Å². The predicted octanol–water partition coefficient (Wildman–Crippen LogP) is -2.47. The molecule has 3 rings (SSSR count). The van der Waals surface area contributed by atoms with Gasteiger partial charge in [-0.25, -0.2) is 0 Å². The van der Waals surface area contributed by atoms with Gasteiger partial charge in [0.1, 0.15) is 40.3 Å². The zero-order valence-corrected chi connectivity index (χ0v) is 16.4. The van der Waals surface area contributed by atoms with Gasteiger partial charge in [-0.1, -0.05) is 12.1 Å². The summed E-state index contributed by atoms with van der Waals surface area (Å²) >= 11 is 0. The lowest BCUT2D eigenvalue weighted by Gasteiger charge is -2.10. The molecular weight excluding hydrogens is 355 g/mol. The van der Waals surface area contributed by atoms with Crippen molar-refractivity contribution in [3.05, 3.63) is 29.3 Å². The summed E-state index contributed by atoms with van der Waals surface area (Å²) in [5, 5.41) is 0. The van der Waals surface area contributed by atoms with Crippen molar-refractivity contribution < 1.29 is 29.6 Å². The van der Waals surface area contributed by atoms with Crippen LogP contribution in [0, 0.1) is 0 Å². The smallest absolute Gasteiger partial charge is 0.136 e. The van der Waals surface area contributed by atoms with Crippen LogP contribution in [0.4, 0.5) is 0 Å². The molecule has 2 heterocycles. The standard InChI is InChI=1S/C17H26OS2.2ClH/c1-18-17-12-15(13-19-8-2-3-9-19)6-7-16(17)14-20-10-4-5-11-20;;/h6-7,12H,2-5,8-11,13-14H2,1H3;2*1H/q+2;;/p-2. The third kappa shape index (κ3) is 5.43. The van der Waals surface area contributed by atoms with Crippen LogP contribution in [-0.4, -0.2) is 30.1 Å². The number of methoxy groups -OCH3 is 1. The molecule has 0 atom stereocenters. The summed E-state index contributed by atoms with van der Waals surface area (Å²) in [6.45, 7) is 0. The highest BCUT2D eigenvalue weighted by Crippen LogP contribution is 2.28. The lowest BCUT2D eigenvalue weighted by molar-refractivity contribution is -0.00100. The lowest BCUT2D eigenvalue weighted by Crippen LogP contribution is -3.00. The minimum absolute atomic E-state index is 0. The van der Waals surface area contributed by atoms with Gasteiger partial charge in [0.2, 0.25) is 0 Å². The number of rotatable bonds is 5. The van der Waals surface area contributed by atoms with Crippen molar-refractivity contribution in [1.29, 1.82) is 0 Å². The van der Waals surface area contributed by atoms with Crippen LogP contribution in [0.15, 0.2) is 18.2 Å². The third-order valence-electron chi connectivity index (χ3n) is 4.31. The van der Waals surface area contributed by atoms with Gasteiger partial charge in [-0.15, -0.1) is 0 Å². The van der Waals surface area contributed by atoms with Crippen molar-refractivity contribution in [2.45, 2.75) is 37.2 Å². The van der Waals surface area contributed by atoms with Gasteiger partial charge in [0, 0.05) is 11.1 Å². The van der Waals surface area contributed by atoms with E-state index in [4.69, 9.17) is 4.74 Å². The minimum Gasteiger partial charge on any atom is -1.00 e. The van der Waals surface area contributed by atoms with E-state index in [1.807, 2.05) is 7.11 Å². The van der Waals surface area contributed by atoms with Crippen molar-refractivity contribution in [1.82, 2.24) is 0 Å². The molecule has 1 nitrogen and oxygen atoms in total. The van der Waals surface area contributed by atoms with Crippen LogP contribution in [0.5, 0.6) is 5.75 Å². The first-order chi connectivity index (χ1) is 9.85. The normalized spacial score (nSPS) is 18.8. The van der Waals surface area contributed by atoms with Crippen molar-refractivity contribution in [2.24, 2.45) is 0 Å². The lowest BCUT2D eigenvalue weighted by atomic mass is 10.1. The number of halogens is 2. The quantitative estimate of drug-likeness (QED) is 0.514. The Morgan fingerprint density at radius 1 is 0.864 bits per heavy atom. The molecule has 0 N–H and O–H groups in total. The van der Waals surface area contributed by atoms with Gasteiger partial charge in [0.15, 0.2) is 0 Å². The van der Waals surface area contributed by atoms with Crippen molar-refractivity contribution in [3.8, 4) is 5.75 Å². The van der Waals surface area contributed by atoms with Gasteiger partial charge in [-0.3, -0.25) is 0 Å². The molecule has 0 unspecified atom stereocenters. The van der Waals surface area contributed by atoms with Crippen molar-refractivity contribution in [2.75, 3.05) is 30.1 Å². The Bertz CT molecular complexity index is 444. The molecule has 0 saturated carbocycles. The van der Waals surface area contributed by atoms with E-state index in [-0.39, 0.29) is 24.8 Å². The average molecular weight is 381 g/mol. The molecule has 0 amide bonds. The summed E-state index contributed by atoms with van der Waals surface area (Å²) in [5.74, 6) is 9.45. The summed E-state index contributed by atoms with van der Waals surface area (Å²) < 4.78 is 5.67. The van der Waals surface area contributed by atoms with E-state index < -0.39 is 0 Å². The molecule has 2 fully saturated rings. The molecule has 126 valence electrons. The largest absolute Gasteiger partial charge is 1.00 e. The maximum absolute atomic E-state index is 5.67. The molecule has 2 aliphatic heterocycles. The molecule has 0 aromatic heterocycles. The van der Waals surface area contributed by atoms with Gasteiger partial charge in [0.05, 0.1) is 7.11 Å². The second-order valence-corrected chi connectivity index (χ2v) is 10.6. The van der Waals surface area contributed by atoms with E-state index in [1.54, 1.807) is 0 Å². The summed E-state index contributed by atoms with van der Waals surface area (Å²) in [4.78, 5) is 0. The topological polar surface area (TPSA) is 9.23 Å². The zero-order valence-electron chi connectivity index (χ0n) is 13.3. The Morgan fingerprint density at radius 3 is 1.95 bits per heavy atom. The van der Waals surface area contributed by atoms with Crippen LogP contribution in [-0.2, 0) is 33.3 Å². The molecule has 22 heavy (non-hydrogen) atoms. The van der Waals surface area contributed by atoms with Crippen molar-refractivity contribution >= 4 is 21.8 Å². The van der Waals surface area contributed by atoms with Crippen LogP contribution in [0.3, 0.4) is 0 Å². The highest BCUT2D eigenvalue weighted by atomic mass is 35.5. The van der Waals surface area contributed by atoms with Crippen LogP contribution in [0.2, 0.25) is 0 Å². The first-order valence-electron chi connectivity index (χ1n) is 7.79. The summed E-state index contributed by atoms with van der Waals surface area (Å²) in [7, 11) is 3.10. The SMILES string of the molecule is COc1cc(C[S+]2CCCC2)ccc1C[S+]1CCCC1.[Cl-].[Cl-]. The number of ether oxygens (including phenoxy) is 1. The second kappa shape index (κ2) is 10.2. The maximum Gasteiger partial charge on any atom is 0.136 e. The Kier molecular flexibility index (Phi) is 9.46. The predicted molar refractivity (Wildman–Crippen MR) is 93.1 cm³/mol. The highest BCUT2D eigenvalue weighted by molar-refractivity contribution is 7.96. The first kappa shape index (κ1) is 20.3. The van der Waals surface area contributed by atoms with Gasteiger partial charge in [-0.05, 0) is 53.5 Å². The Morgan fingerprint density at radius 2 is 1.41 bits per heavy atom. The summed E-state index contributed by atoms with van der Waals surface area (Å²) in [6.07, 6.45) is 5.76. The van der Waals surface area contributed by atoms with Crippen LogP contribution < -0.4 is 29.6 Å². The molecular formula is C17H26Cl2OS2. The molecule has 2 saturated heterocycles. The maximum atomic E-state index is 5.67. The van der Waals surface area contributed by atoms with Gasteiger partial charge >= 0.3 is 0 Å². The fourth-order valence-corrected chi connectivity index (χ4v) is 7.94. The highest BCUT2D eigenvalue weighted by Gasteiger charge is 2.27. The van der Waals surface area contributed by atoms with Gasteiger partial charge in [0.25, 0.3) is 0 Å². The summed E-state index contributed by atoms with van der Waals surface area (Å²) in [5.41, 5.74) is 2.93. The molecule has 5 heteroatoms. The van der Waals surface area contributed by atoms with E-state index in [1.165, 1.54) is 71.3 Å². The van der Waals surface area contributed by atoms with Crippen molar-refractivity contribution in [3.63, 3.8) is 0 Å². The molecule has 0 bridgehead atoms. The van der Waals surface area contributed by atoms with E-state index in [0.29, 0.717) is 21.8 Å². The summed E-state index contributed by atoms with van der Waals surface area (Å²) in [6, 6.07) is 7.03. The average Bonchev–Trinajstić information content (AvgIpc) is 3.14. The fourth-order valence-electron chi connectivity index (χ4n) is 3.17. The Labute approximate surface area is 153 Å². The fraction of sp³-hybridized carbons (Fsp3) is 0.647. The second-order valence-electron chi connectivity index (χ2n) is 5.89. The molecule has 1 aromatic rings. The molecule has 0 radical (unpaired) electrons. The Balaban J connectivity index is 0.00000121. The molecule has 2 aliphatic rings. The molecule has 0 aliphatic carbocycles. The monoisotopic (exact) mass is 380 g/mol. The molecule has 1 aromatic carbocycles. The van der Waals surface area contributed by atoms with E-state index in [9.17, 15) is 0 Å².